The highest BCUT2D eigenvalue weighted by molar-refractivity contribution is 5.98. The first kappa shape index (κ1) is 19.4. The molecule has 138 valence electrons. The van der Waals surface area contributed by atoms with Gasteiger partial charge in [0.1, 0.15) is 5.69 Å². The molecular weight excluding hydrogens is 332 g/mol. The number of carbonyl (C=O) groups is 3. The number of benzene rings is 1. The molecule has 0 unspecified atom stereocenters. The Kier molecular flexibility index (Phi) is 6.33. The van der Waals surface area contributed by atoms with Crippen LogP contribution in [-0.2, 0) is 16.6 Å². The highest BCUT2D eigenvalue weighted by Gasteiger charge is 2.16. The zero-order valence-electron chi connectivity index (χ0n) is 15.5. The van der Waals surface area contributed by atoms with Gasteiger partial charge in [0.15, 0.2) is 12.4 Å². The van der Waals surface area contributed by atoms with Crippen LogP contribution >= 0.6 is 0 Å². The van der Waals surface area contributed by atoms with Crippen LogP contribution in [0, 0.1) is 0 Å². The van der Waals surface area contributed by atoms with Crippen LogP contribution in [0.25, 0.3) is 0 Å². The zero-order chi connectivity index (χ0) is 19.3. The molecular formula is C20H24N2O4. The highest BCUT2D eigenvalue weighted by Crippen LogP contribution is 2.20. The number of carbonyl (C=O) groups excluding carboxylic acids is 3. The van der Waals surface area contributed by atoms with Crippen molar-refractivity contribution in [2.24, 2.45) is 7.05 Å². The number of aromatic nitrogens is 1. The van der Waals surface area contributed by atoms with Crippen molar-refractivity contribution in [2.45, 2.75) is 33.1 Å². The van der Waals surface area contributed by atoms with Crippen LogP contribution in [0.4, 0.5) is 5.69 Å². The molecule has 0 aliphatic heterocycles. The van der Waals surface area contributed by atoms with Crippen LogP contribution in [0.1, 0.15) is 59.5 Å². The van der Waals surface area contributed by atoms with E-state index < -0.39 is 18.5 Å². The first-order valence-electron chi connectivity index (χ1n) is 8.56. The second-order valence-corrected chi connectivity index (χ2v) is 6.34. The molecule has 6 heteroatoms. The SMILES string of the molecule is CC[C@H](C)c1ccc(NC(=O)COC(=O)c2cc(C(C)=O)cn2C)cc1. The molecule has 0 saturated heterocycles. The average Bonchev–Trinajstić information content (AvgIpc) is 3.02. The number of ketones is 1. The predicted octanol–water partition coefficient (Wildman–Crippen LogP) is 3.54. The Balaban J connectivity index is 1.90. The summed E-state index contributed by atoms with van der Waals surface area (Å²) >= 11 is 0. The van der Waals surface area contributed by atoms with Gasteiger partial charge in [0.05, 0.1) is 0 Å². The molecule has 1 aromatic heterocycles. The fourth-order valence-corrected chi connectivity index (χ4v) is 2.49. The number of nitrogens with one attached hydrogen (secondary N) is 1. The molecule has 0 radical (unpaired) electrons. The Labute approximate surface area is 153 Å². The van der Waals surface area contributed by atoms with Crippen LogP contribution < -0.4 is 5.32 Å². The minimum absolute atomic E-state index is 0.141. The zero-order valence-corrected chi connectivity index (χ0v) is 15.5. The smallest absolute Gasteiger partial charge is 0.355 e. The summed E-state index contributed by atoms with van der Waals surface area (Å²) in [4.78, 5) is 35.4. The standard InChI is InChI=1S/C20H24N2O4/c1-5-13(2)15-6-8-17(9-7-15)21-19(24)12-26-20(25)18-10-16(14(3)23)11-22(18)4/h6-11,13H,5,12H2,1-4H3,(H,21,24)/t13-/m0/s1. The third-order valence-electron chi connectivity index (χ3n) is 4.33. The summed E-state index contributed by atoms with van der Waals surface area (Å²) in [5.74, 6) is -0.748. The van der Waals surface area contributed by atoms with Crippen molar-refractivity contribution in [2.75, 3.05) is 11.9 Å². The molecule has 2 aromatic rings. The summed E-state index contributed by atoms with van der Waals surface area (Å²) in [5.41, 5.74) is 2.50. The lowest BCUT2D eigenvalue weighted by Gasteiger charge is -2.11. The number of aryl methyl sites for hydroxylation is 1. The van der Waals surface area contributed by atoms with Gasteiger partial charge in [-0.15, -0.1) is 0 Å². The fraction of sp³-hybridized carbons (Fsp3) is 0.350. The molecule has 0 bridgehead atoms. The fourth-order valence-electron chi connectivity index (χ4n) is 2.49. The maximum atomic E-state index is 12.1. The largest absolute Gasteiger partial charge is 0.451 e. The van der Waals surface area contributed by atoms with E-state index in [1.165, 1.54) is 23.1 Å². The Bertz CT molecular complexity index is 806. The maximum Gasteiger partial charge on any atom is 0.355 e. The van der Waals surface area contributed by atoms with Gasteiger partial charge in [-0.3, -0.25) is 9.59 Å². The van der Waals surface area contributed by atoms with Crippen LogP contribution in [0.2, 0.25) is 0 Å². The number of hydrogen-bond donors (Lipinski definition) is 1. The molecule has 1 heterocycles. The van der Waals surface area contributed by atoms with Crippen molar-refractivity contribution < 1.29 is 19.1 Å². The summed E-state index contributed by atoms with van der Waals surface area (Å²) in [6.07, 6.45) is 2.60. The molecule has 26 heavy (non-hydrogen) atoms. The van der Waals surface area contributed by atoms with Crippen molar-refractivity contribution >= 4 is 23.3 Å². The molecule has 0 aliphatic rings. The Morgan fingerprint density at radius 2 is 1.85 bits per heavy atom. The van der Waals surface area contributed by atoms with Crippen molar-refractivity contribution in [3.05, 3.63) is 53.3 Å². The van der Waals surface area contributed by atoms with Crippen LogP contribution in [0.15, 0.2) is 36.5 Å². The van der Waals surface area contributed by atoms with Crippen molar-refractivity contribution in [1.29, 1.82) is 0 Å². The number of rotatable bonds is 7. The van der Waals surface area contributed by atoms with E-state index in [2.05, 4.69) is 19.2 Å². The van der Waals surface area contributed by atoms with E-state index in [1.807, 2.05) is 24.3 Å². The third-order valence-corrected chi connectivity index (χ3v) is 4.33. The third kappa shape index (κ3) is 4.81. The molecule has 6 nitrogen and oxygen atoms in total. The van der Waals surface area contributed by atoms with E-state index in [9.17, 15) is 14.4 Å². The van der Waals surface area contributed by atoms with E-state index >= 15 is 0 Å². The van der Waals surface area contributed by atoms with Gasteiger partial charge in [-0.2, -0.15) is 0 Å². The van der Waals surface area contributed by atoms with Crippen LogP contribution in [0.5, 0.6) is 0 Å². The van der Waals surface area contributed by atoms with Crippen LogP contribution in [0.3, 0.4) is 0 Å². The van der Waals surface area contributed by atoms with Crippen LogP contribution in [-0.4, -0.2) is 28.8 Å². The first-order chi connectivity index (χ1) is 12.3. The summed E-state index contributed by atoms with van der Waals surface area (Å²) in [5, 5.41) is 2.69. The van der Waals surface area contributed by atoms with E-state index in [1.54, 1.807) is 13.2 Å². The molecule has 2 rings (SSSR count). The molecule has 1 atom stereocenters. The Hall–Kier alpha value is -2.89. The predicted molar refractivity (Wildman–Crippen MR) is 99.5 cm³/mol. The number of esters is 1. The van der Waals surface area contributed by atoms with Crippen molar-refractivity contribution in [1.82, 2.24) is 4.57 Å². The quantitative estimate of drug-likeness (QED) is 0.608. The first-order valence-corrected chi connectivity index (χ1v) is 8.56. The van der Waals surface area contributed by atoms with Gasteiger partial charge < -0.3 is 14.6 Å². The van der Waals surface area contributed by atoms with E-state index in [0.29, 0.717) is 17.2 Å². The molecule has 1 aromatic carbocycles. The van der Waals surface area contributed by atoms with Crippen molar-refractivity contribution in [3.63, 3.8) is 0 Å². The van der Waals surface area contributed by atoms with Gasteiger partial charge >= 0.3 is 5.97 Å². The maximum absolute atomic E-state index is 12.1. The second-order valence-electron chi connectivity index (χ2n) is 6.34. The summed E-state index contributed by atoms with van der Waals surface area (Å²) in [6, 6.07) is 9.07. The monoisotopic (exact) mass is 356 g/mol. The van der Waals surface area contributed by atoms with Crippen molar-refractivity contribution in [3.8, 4) is 0 Å². The number of ether oxygens (including phenoxy) is 1. The number of amides is 1. The van der Waals surface area contributed by atoms with Gasteiger partial charge in [-0.1, -0.05) is 26.0 Å². The normalized spacial score (nSPS) is 11.7. The van der Waals surface area contributed by atoms with E-state index in [-0.39, 0.29) is 11.5 Å². The van der Waals surface area contributed by atoms with Gasteiger partial charge in [0.2, 0.25) is 0 Å². The van der Waals surface area contributed by atoms with Gasteiger partial charge in [-0.25, -0.2) is 4.79 Å². The molecule has 0 aliphatic carbocycles. The number of hydrogen-bond acceptors (Lipinski definition) is 4. The number of nitrogens with zero attached hydrogens (tertiary/aromatic N) is 1. The molecule has 1 N–H and O–H groups in total. The van der Waals surface area contributed by atoms with Gasteiger partial charge in [0, 0.05) is 24.5 Å². The molecule has 0 saturated carbocycles. The van der Waals surface area contributed by atoms with E-state index in [4.69, 9.17) is 4.74 Å². The highest BCUT2D eigenvalue weighted by atomic mass is 16.5. The lowest BCUT2D eigenvalue weighted by Crippen LogP contribution is -2.21. The Morgan fingerprint density at radius 3 is 2.38 bits per heavy atom. The van der Waals surface area contributed by atoms with Gasteiger partial charge in [-0.05, 0) is 43.0 Å². The summed E-state index contributed by atoms with van der Waals surface area (Å²) in [6.45, 7) is 5.30. The summed E-state index contributed by atoms with van der Waals surface area (Å²) < 4.78 is 6.54. The number of Topliss-reactive ketones (excluding diaryl/α,β-unsaturated/α-hetero) is 1. The minimum atomic E-state index is -0.651. The summed E-state index contributed by atoms with van der Waals surface area (Å²) in [7, 11) is 1.64. The van der Waals surface area contributed by atoms with Gasteiger partial charge in [0.25, 0.3) is 5.91 Å². The minimum Gasteiger partial charge on any atom is -0.451 e. The van der Waals surface area contributed by atoms with E-state index in [0.717, 1.165) is 6.42 Å². The lowest BCUT2D eigenvalue weighted by molar-refractivity contribution is -0.119. The second kappa shape index (κ2) is 8.47. The number of anilines is 1. The topological polar surface area (TPSA) is 77.4 Å². The average molecular weight is 356 g/mol. The lowest BCUT2D eigenvalue weighted by atomic mass is 9.99. The molecule has 0 fully saturated rings. The molecule has 0 spiro atoms. The Morgan fingerprint density at radius 1 is 1.19 bits per heavy atom. The molecule has 1 amide bonds.